The molecule has 4 rings (SSSR count). The summed E-state index contributed by atoms with van der Waals surface area (Å²) in [5.41, 5.74) is 6.75. The lowest BCUT2D eigenvalue weighted by molar-refractivity contribution is -0.107. The Labute approximate surface area is 256 Å². The van der Waals surface area contributed by atoms with Gasteiger partial charge >= 0.3 is 0 Å². The van der Waals surface area contributed by atoms with Crippen LogP contribution in [0.1, 0.15) is 74.6 Å². The Bertz CT molecular complexity index is 1450. The summed E-state index contributed by atoms with van der Waals surface area (Å²) < 4.78 is 11.9. The summed E-state index contributed by atoms with van der Waals surface area (Å²) in [5.74, 6) is 1.92. The minimum Gasteiger partial charge on any atom is -0.507 e. The molecule has 7 heteroatoms. The molecule has 7 nitrogen and oxygen atoms in total. The zero-order chi connectivity index (χ0) is 30.9. The highest BCUT2D eigenvalue weighted by atomic mass is 16.7. The van der Waals surface area contributed by atoms with E-state index in [1.54, 1.807) is 18.2 Å². The molecule has 0 bridgehead atoms. The number of phenols is 1. The third-order valence-electron chi connectivity index (χ3n) is 7.56. The zero-order valence-corrected chi connectivity index (χ0v) is 26.4. The van der Waals surface area contributed by atoms with Crippen LogP contribution in [0.4, 0.5) is 0 Å². The largest absolute Gasteiger partial charge is 0.507 e. The molecule has 0 amide bonds. The Hall–Kier alpha value is -3.81. The zero-order valence-electron chi connectivity index (χ0n) is 26.4. The molecule has 1 heterocycles. The van der Waals surface area contributed by atoms with Crippen molar-refractivity contribution in [3.05, 3.63) is 76.9 Å². The van der Waals surface area contributed by atoms with Crippen LogP contribution in [0.15, 0.2) is 54.6 Å². The van der Waals surface area contributed by atoms with Gasteiger partial charge in [-0.05, 0) is 57.4 Å². The van der Waals surface area contributed by atoms with E-state index in [-0.39, 0.29) is 12.4 Å². The Kier molecular flexibility index (Phi) is 11.3. The van der Waals surface area contributed by atoms with Crippen LogP contribution >= 0.6 is 0 Å². The molecule has 1 aromatic heterocycles. The fourth-order valence-corrected chi connectivity index (χ4v) is 5.14. The molecule has 0 aliphatic carbocycles. The lowest BCUT2D eigenvalue weighted by Crippen LogP contribution is -2.25. The number of aromatic nitrogens is 3. The summed E-state index contributed by atoms with van der Waals surface area (Å²) in [6.07, 6.45) is 4.69. The maximum atomic E-state index is 11.1. The van der Waals surface area contributed by atoms with Gasteiger partial charge < -0.3 is 19.7 Å². The van der Waals surface area contributed by atoms with Crippen molar-refractivity contribution < 1.29 is 19.7 Å². The van der Waals surface area contributed by atoms with Crippen LogP contribution in [-0.2, 0) is 4.74 Å². The minimum atomic E-state index is -0.542. The summed E-state index contributed by atoms with van der Waals surface area (Å²) in [7, 11) is 0. The fraction of sp³-hybridized carbons (Fsp3) is 0.417. The van der Waals surface area contributed by atoms with Gasteiger partial charge in [0.1, 0.15) is 11.5 Å². The van der Waals surface area contributed by atoms with Gasteiger partial charge in [-0.1, -0.05) is 87.1 Å². The van der Waals surface area contributed by atoms with Gasteiger partial charge in [-0.25, -0.2) is 15.0 Å². The van der Waals surface area contributed by atoms with Crippen molar-refractivity contribution in [1.29, 1.82) is 0 Å². The number of aliphatic hydroxyl groups is 1. The second-order valence-corrected chi connectivity index (χ2v) is 11.4. The average molecular weight is 584 g/mol. The molecule has 2 N–H and O–H groups in total. The average Bonchev–Trinajstić information content (AvgIpc) is 2.97. The first-order valence-electron chi connectivity index (χ1n) is 15.4. The van der Waals surface area contributed by atoms with E-state index in [2.05, 4.69) is 32.9 Å². The van der Waals surface area contributed by atoms with Gasteiger partial charge in [0.25, 0.3) is 0 Å². The second kappa shape index (κ2) is 15.1. The highest BCUT2D eigenvalue weighted by Gasteiger charge is 2.18. The predicted molar refractivity (Wildman–Crippen MR) is 172 cm³/mol. The van der Waals surface area contributed by atoms with Crippen molar-refractivity contribution in [1.82, 2.24) is 15.0 Å². The molecule has 0 aliphatic rings. The van der Waals surface area contributed by atoms with Gasteiger partial charge in [0.2, 0.25) is 0 Å². The van der Waals surface area contributed by atoms with Crippen molar-refractivity contribution in [2.24, 2.45) is 0 Å². The Morgan fingerprint density at radius 2 is 1.26 bits per heavy atom. The predicted octanol–water partition coefficient (Wildman–Crippen LogP) is 8.27. The summed E-state index contributed by atoms with van der Waals surface area (Å²) in [6, 6.07) is 17.5. The van der Waals surface area contributed by atoms with Crippen LogP contribution in [0, 0.1) is 27.7 Å². The van der Waals surface area contributed by atoms with Crippen LogP contribution in [0.3, 0.4) is 0 Å². The number of benzene rings is 3. The van der Waals surface area contributed by atoms with E-state index in [4.69, 9.17) is 24.4 Å². The topological polar surface area (TPSA) is 97.6 Å². The SMILES string of the molecule is CCCCCCC(O)COC(CC)Oc1ccc(-c2nc(-c3ccc(C)cc3C)nc(-c3ccc(C)cc3C)n2)c(O)c1. The summed E-state index contributed by atoms with van der Waals surface area (Å²) in [4.78, 5) is 14.5. The number of nitrogens with zero attached hydrogens (tertiary/aromatic N) is 3. The maximum Gasteiger partial charge on any atom is 0.199 e. The maximum absolute atomic E-state index is 11.1. The van der Waals surface area contributed by atoms with Crippen molar-refractivity contribution in [2.45, 2.75) is 92.5 Å². The number of unbranched alkanes of at least 4 members (excludes halogenated alkanes) is 3. The van der Waals surface area contributed by atoms with Gasteiger partial charge in [0.15, 0.2) is 23.8 Å². The first-order valence-corrected chi connectivity index (χ1v) is 15.4. The highest BCUT2D eigenvalue weighted by Crippen LogP contribution is 2.34. The molecular formula is C36H45N3O4. The number of aliphatic hydroxyl groups excluding tert-OH is 1. The summed E-state index contributed by atoms with van der Waals surface area (Å²) in [6.45, 7) is 12.5. The molecule has 2 unspecified atom stereocenters. The molecule has 0 aliphatic heterocycles. The van der Waals surface area contributed by atoms with E-state index in [1.807, 2.05) is 45.0 Å². The smallest absolute Gasteiger partial charge is 0.199 e. The number of rotatable bonds is 14. The molecule has 2 atom stereocenters. The molecule has 228 valence electrons. The van der Waals surface area contributed by atoms with Gasteiger partial charge in [0, 0.05) is 23.6 Å². The Morgan fingerprint density at radius 3 is 1.77 bits per heavy atom. The minimum absolute atomic E-state index is 0.00679. The van der Waals surface area contributed by atoms with Crippen LogP contribution in [0.2, 0.25) is 0 Å². The van der Waals surface area contributed by atoms with E-state index < -0.39 is 12.4 Å². The molecular weight excluding hydrogens is 538 g/mol. The number of aryl methyl sites for hydroxylation is 4. The summed E-state index contributed by atoms with van der Waals surface area (Å²) in [5, 5.41) is 21.4. The first kappa shape index (κ1) is 32.1. The van der Waals surface area contributed by atoms with Gasteiger partial charge in [-0.15, -0.1) is 0 Å². The monoisotopic (exact) mass is 583 g/mol. The quantitative estimate of drug-likeness (QED) is 0.114. The molecule has 43 heavy (non-hydrogen) atoms. The number of ether oxygens (including phenoxy) is 2. The third kappa shape index (κ3) is 8.62. The number of hydrogen-bond acceptors (Lipinski definition) is 7. The lowest BCUT2D eigenvalue weighted by Gasteiger charge is -2.20. The van der Waals surface area contributed by atoms with Crippen LogP contribution in [0.5, 0.6) is 11.5 Å². The first-order chi connectivity index (χ1) is 20.7. The molecule has 0 radical (unpaired) electrons. The van der Waals surface area contributed by atoms with Crippen molar-refractivity contribution >= 4 is 0 Å². The van der Waals surface area contributed by atoms with Gasteiger partial charge in [-0.2, -0.15) is 0 Å². The third-order valence-corrected chi connectivity index (χ3v) is 7.56. The van der Waals surface area contributed by atoms with E-state index in [9.17, 15) is 10.2 Å². The van der Waals surface area contributed by atoms with Crippen LogP contribution in [0.25, 0.3) is 34.2 Å². The van der Waals surface area contributed by atoms with E-state index >= 15 is 0 Å². The molecule has 0 spiro atoms. The number of hydrogen-bond donors (Lipinski definition) is 2. The van der Waals surface area contributed by atoms with Crippen LogP contribution < -0.4 is 4.74 Å². The molecule has 4 aromatic rings. The standard InChI is InChI=1S/C36H45N3O4/c1-7-9-10-11-12-27(40)22-42-33(8-2)43-28-15-18-31(32(41)21-28)36-38-34(29-16-13-23(3)19-25(29)5)37-35(39-36)30-17-14-24(4)20-26(30)6/h13-21,27,33,40-41H,7-12,22H2,1-6H3. The van der Waals surface area contributed by atoms with Crippen molar-refractivity contribution in [3.63, 3.8) is 0 Å². The lowest BCUT2D eigenvalue weighted by atomic mass is 10.0. The fourth-order valence-electron chi connectivity index (χ4n) is 5.14. The molecule has 3 aromatic carbocycles. The number of aromatic hydroxyl groups is 1. The molecule has 0 saturated heterocycles. The van der Waals surface area contributed by atoms with E-state index in [0.29, 0.717) is 41.6 Å². The molecule has 0 saturated carbocycles. The van der Waals surface area contributed by atoms with E-state index in [0.717, 1.165) is 46.2 Å². The molecule has 0 fully saturated rings. The second-order valence-electron chi connectivity index (χ2n) is 11.4. The normalized spacial score (nSPS) is 12.7. The van der Waals surface area contributed by atoms with E-state index in [1.165, 1.54) is 12.8 Å². The Balaban J connectivity index is 1.60. The van der Waals surface area contributed by atoms with Gasteiger partial charge in [-0.3, -0.25) is 0 Å². The van der Waals surface area contributed by atoms with Crippen LogP contribution in [-0.4, -0.2) is 44.2 Å². The summed E-state index contributed by atoms with van der Waals surface area (Å²) >= 11 is 0. The van der Waals surface area contributed by atoms with Gasteiger partial charge in [0.05, 0.1) is 18.3 Å². The Morgan fingerprint density at radius 1 is 0.698 bits per heavy atom. The van der Waals surface area contributed by atoms with Crippen molar-refractivity contribution in [3.8, 4) is 45.7 Å². The number of phenolic OH excluding ortho intramolecular Hbond substituents is 1. The highest BCUT2D eigenvalue weighted by molar-refractivity contribution is 5.72. The van der Waals surface area contributed by atoms with Crippen molar-refractivity contribution in [2.75, 3.05) is 6.61 Å².